The highest BCUT2D eigenvalue weighted by atomic mass is 16.5. The molecule has 3 rings (SSSR count). The summed E-state index contributed by atoms with van der Waals surface area (Å²) in [5, 5.41) is 0. The zero-order chi connectivity index (χ0) is 16.2. The lowest BCUT2D eigenvalue weighted by atomic mass is 9.64. The predicted molar refractivity (Wildman–Crippen MR) is 93.0 cm³/mol. The molecule has 0 heterocycles. The lowest BCUT2D eigenvalue weighted by Crippen LogP contribution is -2.34. The summed E-state index contributed by atoms with van der Waals surface area (Å²) in [5.41, 5.74) is 2.65. The first-order chi connectivity index (χ1) is 11.1. The Kier molecular flexibility index (Phi) is 5.32. The van der Waals surface area contributed by atoms with Crippen LogP contribution in [-0.4, -0.2) is 12.4 Å². The Morgan fingerprint density at radius 1 is 1.17 bits per heavy atom. The van der Waals surface area contributed by atoms with Crippen LogP contribution in [-0.2, 0) is 16.1 Å². The Bertz CT molecular complexity index is 560. The van der Waals surface area contributed by atoms with Crippen LogP contribution in [0.1, 0.15) is 45.1 Å². The summed E-state index contributed by atoms with van der Waals surface area (Å²) >= 11 is 0. The molecule has 1 saturated carbocycles. The van der Waals surface area contributed by atoms with Crippen molar-refractivity contribution >= 4 is 5.78 Å². The molecule has 2 heteroatoms. The van der Waals surface area contributed by atoms with Gasteiger partial charge in [-0.3, -0.25) is 4.79 Å². The monoisotopic (exact) mass is 312 g/mol. The summed E-state index contributed by atoms with van der Waals surface area (Å²) in [6.45, 7) is 6.08. The zero-order valence-electron chi connectivity index (χ0n) is 14.3. The molecule has 1 aromatic carbocycles. The van der Waals surface area contributed by atoms with Crippen molar-refractivity contribution in [1.82, 2.24) is 0 Å². The Labute approximate surface area is 139 Å². The lowest BCUT2D eigenvalue weighted by molar-refractivity contribution is -0.115. The van der Waals surface area contributed by atoms with Crippen LogP contribution in [0, 0.1) is 23.7 Å². The maximum atomic E-state index is 11.9. The van der Waals surface area contributed by atoms with Crippen LogP contribution in [0.3, 0.4) is 0 Å². The van der Waals surface area contributed by atoms with E-state index in [1.165, 1.54) is 24.0 Å². The van der Waals surface area contributed by atoms with E-state index in [-0.39, 0.29) is 0 Å². The van der Waals surface area contributed by atoms with Crippen molar-refractivity contribution in [2.45, 2.75) is 46.1 Å². The molecule has 0 unspecified atom stereocenters. The molecular formula is C21H28O2. The minimum Gasteiger partial charge on any atom is -0.376 e. The van der Waals surface area contributed by atoms with Crippen LogP contribution in [0.4, 0.5) is 0 Å². The second-order valence-electron chi connectivity index (χ2n) is 7.39. The molecule has 23 heavy (non-hydrogen) atoms. The normalized spacial score (nSPS) is 28.9. The lowest BCUT2D eigenvalue weighted by Gasteiger charge is -2.41. The van der Waals surface area contributed by atoms with Gasteiger partial charge < -0.3 is 4.74 Å². The zero-order valence-corrected chi connectivity index (χ0v) is 14.3. The molecule has 1 fully saturated rings. The number of carbonyl (C=O) groups is 1. The number of hydrogen-bond acceptors (Lipinski definition) is 2. The van der Waals surface area contributed by atoms with Gasteiger partial charge in [-0.05, 0) is 54.6 Å². The van der Waals surface area contributed by atoms with Gasteiger partial charge in [-0.25, -0.2) is 0 Å². The quantitative estimate of drug-likeness (QED) is 0.781. The molecule has 2 nitrogen and oxygen atoms in total. The standard InChI is InChI=1S/C21H28O2/c1-15-8-10-20(21-12-18(22)9-11-19(15)21)16(2)13-23-14-17-6-4-3-5-7-17/h3-7,12,15-16,19-20H,8-11,13-14H2,1-2H3/t15-,16+,19+,20+/m1/s1. The Morgan fingerprint density at radius 2 is 1.96 bits per heavy atom. The van der Waals surface area contributed by atoms with Crippen LogP contribution in [0.15, 0.2) is 42.0 Å². The van der Waals surface area contributed by atoms with Crippen LogP contribution >= 0.6 is 0 Å². The SMILES string of the molecule is C[C@@H]1CC[C@@H]([C@@H](C)COCc2ccccc2)C2=CC(=O)CC[C@H]21. The average Bonchev–Trinajstić information content (AvgIpc) is 2.56. The van der Waals surface area contributed by atoms with Gasteiger partial charge in [0.25, 0.3) is 0 Å². The summed E-state index contributed by atoms with van der Waals surface area (Å²) in [7, 11) is 0. The van der Waals surface area contributed by atoms with Crippen molar-refractivity contribution in [3.8, 4) is 0 Å². The Hall–Kier alpha value is -1.41. The first-order valence-corrected chi connectivity index (χ1v) is 9.01. The van der Waals surface area contributed by atoms with Gasteiger partial charge in [-0.1, -0.05) is 49.8 Å². The number of fused-ring (bicyclic) bond motifs is 1. The summed E-state index contributed by atoms with van der Waals surface area (Å²) < 4.78 is 5.96. The molecular weight excluding hydrogens is 284 g/mol. The maximum absolute atomic E-state index is 11.9. The number of carbonyl (C=O) groups excluding carboxylic acids is 1. The van der Waals surface area contributed by atoms with Crippen LogP contribution in [0.2, 0.25) is 0 Å². The molecule has 0 spiro atoms. The average molecular weight is 312 g/mol. The number of rotatable bonds is 5. The third-order valence-corrected chi connectivity index (χ3v) is 5.68. The number of hydrogen-bond donors (Lipinski definition) is 0. The Balaban J connectivity index is 1.60. The molecule has 4 atom stereocenters. The fourth-order valence-electron chi connectivity index (χ4n) is 4.30. The van der Waals surface area contributed by atoms with Crippen molar-refractivity contribution < 1.29 is 9.53 Å². The highest BCUT2D eigenvalue weighted by molar-refractivity contribution is 5.91. The predicted octanol–water partition coefficient (Wildman–Crippen LogP) is 4.79. The van der Waals surface area contributed by atoms with Gasteiger partial charge >= 0.3 is 0 Å². The molecule has 0 aliphatic heterocycles. The van der Waals surface area contributed by atoms with Crippen LogP contribution in [0.5, 0.6) is 0 Å². The number of ether oxygens (including phenoxy) is 1. The van der Waals surface area contributed by atoms with E-state index in [0.29, 0.717) is 30.1 Å². The smallest absolute Gasteiger partial charge is 0.155 e. The van der Waals surface area contributed by atoms with Crippen molar-refractivity contribution in [3.63, 3.8) is 0 Å². The molecule has 1 aromatic rings. The molecule has 0 saturated heterocycles. The second kappa shape index (κ2) is 7.44. The number of allylic oxidation sites excluding steroid dienone is 2. The number of benzene rings is 1. The molecule has 2 aliphatic rings. The molecule has 124 valence electrons. The van der Waals surface area contributed by atoms with E-state index in [2.05, 4.69) is 26.0 Å². The van der Waals surface area contributed by atoms with Gasteiger partial charge in [0.1, 0.15) is 0 Å². The van der Waals surface area contributed by atoms with E-state index in [4.69, 9.17) is 4.74 Å². The fourth-order valence-corrected chi connectivity index (χ4v) is 4.30. The van der Waals surface area contributed by atoms with Crippen molar-refractivity contribution in [2.24, 2.45) is 23.7 Å². The van der Waals surface area contributed by atoms with Gasteiger partial charge in [-0.2, -0.15) is 0 Å². The van der Waals surface area contributed by atoms with Crippen molar-refractivity contribution in [3.05, 3.63) is 47.5 Å². The van der Waals surface area contributed by atoms with E-state index in [0.717, 1.165) is 25.4 Å². The highest BCUT2D eigenvalue weighted by Crippen LogP contribution is 2.45. The van der Waals surface area contributed by atoms with Crippen LogP contribution in [0.25, 0.3) is 0 Å². The highest BCUT2D eigenvalue weighted by Gasteiger charge is 2.37. The molecule has 2 aliphatic carbocycles. The van der Waals surface area contributed by atoms with Gasteiger partial charge in [0, 0.05) is 6.42 Å². The van der Waals surface area contributed by atoms with Crippen molar-refractivity contribution in [1.29, 1.82) is 0 Å². The molecule has 0 radical (unpaired) electrons. The first-order valence-electron chi connectivity index (χ1n) is 9.01. The minimum absolute atomic E-state index is 0.327. The first kappa shape index (κ1) is 16.4. The van der Waals surface area contributed by atoms with E-state index in [9.17, 15) is 4.79 Å². The van der Waals surface area contributed by atoms with Gasteiger partial charge in [0.2, 0.25) is 0 Å². The third-order valence-electron chi connectivity index (χ3n) is 5.68. The summed E-state index contributed by atoms with van der Waals surface area (Å²) in [6, 6.07) is 10.3. The third kappa shape index (κ3) is 3.92. The van der Waals surface area contributed by atoms with Gasteiger partial charge in [0.05, 0.1) is 13.2 Å². The topological polar surface area (TPSA) is 26.3 Å². The minimum atomic E-state index is 0.327. The molecule has 0 N–H and O–H groups in total. The maximum Gasteiger partial charge on any atom is 0.155 e. The number of ketones is 1. The molecule has 0 aromatic heterocycles. The van der Waals surface area contributed by atoms with E-state index in [1.807, 2.05) is 24.3 Å². The Morgan fingerprint density at radius 3 is 2.74 bits per heavy atom. The summed E-state index contributed by atoms with van der Waals surface area (Å²) in [5.74, 6) is 2.68. The second-order valence-corrected chi connectivity index (χ2v) is 7.39. The summed E-state index contributed by atoms with van der Waals surface area (Å²) in [4.78, 5) is 11.9. The van der Waals surface area contributed by atoms with E-state index >= 15 is 0 Å². The van der Waals surface area contributed by atoms with E-state index < -0.39 is 0 Å². The van der Waals surface area contributed by atoms with Gasteiger partial charge in [-0.15, -0.1) is 0 Å². The summed E-state index contributed by atoms with van der Waals surface area (Å²) in [6.07, 6.45) is 6.25. The fraction of sp³-hybridized carbons (Fsp3) is 0.571. The van der Waals surface area contributed by atoms with Crippen LogP contribution < -0.4 is 0 Å². The molecule has 0 amide bonds. The van der Waals surface area contributed by atoms with Crippen molar-refractivity contribution in [2.75, 3.05) is 6.61 Å². The van der Waals surface area contributed by atoms with Gasteiger partial charge in [0.15, 0.2) is 5.78 Å². The molecule has 0 bridgehead atoms. The largest absolute Gasteiger partial charge is 0.376 e. The van der Waals surface area contributed by atoms with E-state index in [1.54, 1.807) is 0 Å².